The minimum Gasteiger partial charge on any atom is -0.370 e. The summed E-state index contributed by atoms with van der Waals surface area (Å²) in [6.07, 6.45) is 1.86. The fourth-order valence-electron chi connectivity index (χ4n) is 1.96. The topological polar surface area (TPSA) is 42.1 Å². The second-order valence-corrected chi connectivity index (χ2v) is 3.72. The van der Waals surface area contributed by atoms with Gasteiger partial charge < -0.3 is 10.6 Å². The first kappa shape index (κ1) is 10.9. The van der Waals surface area contributed by atoms with Crippen molar-refractivity contribution in [3.8, 4) is 0 Å². The van der Waals surface area contributed by atoms with Crippen LogP contribution < -0.4 is 10.6 Å². The van der Waals surface area contributed by atoms with Gasteiger partial charge in [0.05, 0.1) is 5.52 Å². The van der Waals surface area contributed by atoms with Gasteiger partial charge in [-0.15, -0.1) is 0 Å². The molecule has 16 heavy (non-hydrogen) atoms. The number of nitrogens with zero attached hydrogens (tertiary/aromatic N) is 2. The third-order valence-corrected chi connectivity index (χ3v) is 2.75. The largest absolute Gasteiger partial charge is 0.370 e. The van der Waals surface area contributed by atoms with E-state index in [1.165, 1.54) is 11.1 Å². The van der Waals surface area contributed by atoms with E-state index in [-0.39, 0.29) is 0 Å². The zero-order chi connectivity index (χ0) is 11.4. The summed E-state index contributed by atoms with van der Waals surface area (Å²) < 4.78 is 0. The van der Waals surface area contributed by atoms with Gasteiger partial charge in [-0.3, -0.25) is 4.98 Å². The van der Waals surface area contributed by atoms with Gasteiger partial charge in [0.15, 0.2) is 0 Å². The van der Waals surface area contributed by atoms with Crippen molar-refractivity contribution in [1.82, 2.24) is 4.98 Å². The number of anilines is 1. The van der Waals surface area contributed by atoms with Crippen molar-refractivity contribution in [1.29, 1.82) is 0 Å². The minimum atomic E-state index is 0.671. The van der Waals surface area contributed by atoms with E-state index in [9.17, 15) is 0 Å². The third kappa shape index (κ3) is 1.99. The highest BCUT2D eigenvalue weighted by Gasteiger charge is 2.07. The SMILES string of the molecule is CCN(CCN)c1ccnc2ccccc12. The lowest BCUT2D eigenvalue weighted by atomic mass is 10.1. The predicted molar refractivity (Wildman–Crippen MR) is 68.7 cm³/mol. The van der Waals surface area contributed by atoms with Gasteiger partial charge in [-0.2, -0.15) is 0 Å². The first-order valence-corrected chi connectivity index (χ1v) is 5.65. The molecule has 0 atom stereocenters. The second kappa shape index (κ2) is 4.94. The van der Waals surface area contributed by atoms with E-state index < -0.39 is 0 Å². The molecule has 1 heterocycles. The van der Waals surface area contributed by atoms with Gasteiger partial charge in [0, 0.05) is 36.9 Å². The Balaban J connectivity index is 2.50. The van der Waals surface area contributed by atoms with Crippen LogP contribution in [-0.4, -0.2) is 24.6 Å². The molecule has 0 radical (unpaired) electrons. The molecule has 2 aromatic rings. The van der Waals surface area contributed by atoms with E-state index in [1.807, 2.05) is 24.4 Å². The van der Waals surface area contributed by atoms with Gasteiger partial charge in [-0.1, -0.05) is 18.2 Å². The molecule has 1 aromatic carbocycles. The van der Waals surface area contributed by atoms with Crippen LogP contribution in [0.3, 0.4) is 0 Å². The molecule has 0 saturated carbocycles. The molecule has 0 aliphatic heterocycles. The Morgan fingerprint density at radius 3 is 2.81 bits per heavy atom. The van der Waals surface area contributed by atoms with Crippen LogP contribution >= 0.6 is 0 Å². The van der Waals surface area contributed by atoms with Crippen molar-refractivity contribution < 1.29 is 0 Å². The molecule has 0 aliphatic rings. The summed E-state index contributed by atoms with van der Waals surface area (Å²) in [5, 5.41) is 1.19. The Morgan fingerprint density at radius 2 is 2.06 bits per heavy atom. The van der Waals surface area contributed by atoms with Crippen molar-refractivity contribution in [3.63, 3.8) is 0 Å². The van der Waals surface area contributed by atoms with Crippen LogP contribution in [0.25, 0.3) is 10.9 Å². The summed E-state index contributed by atoms with van der Waals surface area (Å²) >= 11 is 0. The summed E-state index contributed by atoms with van der Waals surface area (Å²) in [5.41, 5.74) is 7.89. The molecular formula is C13H17N3. The van der Waals surface area contributed by atoms with Crippen molar-refractivity contribution in [3.05, 3.63) is 36.5 Å². The van der Waals surface area contributed by atoms with Crippen molar-refractivity contribution in [2.75, 3.05) is 24.5 Å². The normalized spacial score (nSPS) is 10.6. The lowest BCUT2D eigenvalue weighted by Crippen LogP contribution is -2.29. The maximum absolute atomic E-state index is 5.63. The molecule has 0 aliphatic carbocycles. The van der Waals surface area contributed by atoms with Gasteiger partial charge in [0.1, 0.15) is 0 Å². The molecule has 0 fully saturated rings. The quantitative estimate of drug-likeness (QED) is 0.848. The number of aromatic nitrogens is 1. The molecule has 0 spiro atoms. The van der Waals surface area contributed by atoms with E-state index in [1.54, 1.807) is 0 Å². The maximum atomic E-state index is 5.63. The third-order valence-electron chi connectivity index (χ3n) is 2.75. The Labute approximate surface area is 95.9 Å². The van der Waals surface area contributed by atoms with Crippen LogP contribution in [0.1, 0.15) is 6.92 Å². The summed E-state index contributed by atoms with van der Waals surface area (Å²) in [6.45, 7) is 4.66. The molecule has 2 rings (SSSR count). The molecule has 3 heteroatoms. The van der Waals surface area contributed by atoms with Crippen molar-refractivity contribution in [2.24, 2.45) is 5.73 Å². The lowest BCUT2D eigenvalue weighted by Gasteiger charge is -2.23. The molecule has 2 N–H and O–H groups in total. The maximum Gasteiger partial charge on any atom is 0.0722 e. The first-order chi connectivity index (χ1) is 7.86. The van der Waals surface area contributed by atoms with Gasteiger partial charge >= 0.3 is 0 Å². The minimum absolute atomic E-state index is 0.671. The number of para-hydroxylation sites is 1. The van der Waals surface area contributed by atoms with Crippen LogP contribution in [0.5, 0.6) is 0 Å². The molecule has 3 nitrogen and oxygen atoms in total. The molecular weight excluding hydrogens is 198 g/mol. The van der Waals surface area contributed by atoms with Crippen molar-refractivity contribution in [2.45, 2.75) is 6.92 Å². The number of pyridine rings is 1. The first-order valence-electron chi connectivity index (χ1n) is 5.65. The van der Waals surface area contributed by atoms with Gasteiger partial charge in [0.25, 0.3) is 0 Å². The highest BCUT2D eigenvalue weighted by Crippen LogP contribution is 2.24. The van der Waals surface area contributed by atoms with Crippen LogP contribution in [0, 0.1) is 0 Å². The highest BCUT2D eigenvalue weighted by atomic mass is 15.1. The van der Waals surface area contributed by atoms with Crippen LogP contribution in [0.2, 0.25) is 0 Å². The van der Waals surface area contributed by atoms with E-state index in [0.29, 0.717) is 6.54 Å². The van der Waals surface area contributed by atoms with Crippen LogP contribution in [0.15, 0.2) is 36.5 Å². The fourth-order valence-corrected chi connectivity index (χ4v) is 1.96. The molecule has 84 valence electrons. The second-order valence-electron chi connectivity index (χ2n) is 3.72. The van der Waals surface area contributed by atoms with E-state index in [2.05, 4.69) is 28.9 Å². The zero-order valence-electron chi connectivity index (χ0n) is 9.56. The van der Waals surface area contributed by atoms with E-state index in [4.69, 9.17) is 5.73 Å². The molecule has 0 saturated heterocycles. The van der Waals surface area contributed by atoms with E-state index in [0.717, 1.165) is 18.6 Å². The number of hydrogen-bond donors (Lipinski definition) is 1. The highest BCUT2D eigenvalue weighted by molar-refractivity contribution is 5.91. The number of likely N-dealkylation sites (N-methyl/N-ethyl adjacent to an activating group) is 1. The Kier molecular flexibility index (Phi) is 3.37. The van der Waals surface area contributed by atoms with Crippen molar-refractivity contribution >= 4 is 16.6 Å². The predicted octanol–water partition coefficient (Wildman–Crippen LogP) is 2.02. The van der Waals surface area contributed by atoms with Crippen LogP contribution in [-0.2, 0) is 0 Å². The average molecular weight is 215 g/mol. The molecule has 0 amide bonds. The van der Waals surface area contributed by atoms with Gasteiger partial charge in [-0.05, 0) is 19.1 Å². The lowest BCUT2D eigenvalue weighted by molar-refractivity contribution is 0.819. The summed E-state index contributed by atoms with van der Waals surface area (Å²) in [5.74, 6) is 0. The van der Waals surface area contributed by atoms with Crippen LogP contribution in [0.4, 0.5) is 5.69 Å². The summed E-state index contributed by atoms with van der Waals surface area (Å²) in [6, 6.07) is 10.3. The van der Waals surface area contributed by atoms with E-state index >= 15 is 0 Å². The number of benzene rings is 1. The van der Waals surface area contributed by atoms with Gasteiger partial charge in [-0.25, -0.2) is 0 Å². The molecule has 0 unspecified atom stereocenters. The zero-order valence-corrected chi connectivity index (χ0v) is 9.56. The Bertz CT molecular complexity index is 462. The fraction of sp³-hybridized carbons (Fsp3) is 0.308. The number of nitrogens with two attached hydrogens (primary N) is 1. The smallest absolute Gasteiger partial charge is 0.0722 e. The molecule has 1 aromatic heterocycles. The molecule has 0 bridgehead atoms. The standard InChI is InChI=1S/C13H17N3/c1-2-16(10-8-14)13-7-9-15-12-6-4-3-5-11(12)13/h3-7,9H,2,8,10,14H2,1H3. The van der Waals surface area contributed by atoms with Gasteiger partial charge in [0.2, 0.25) is 0 Å². The number of hydrogen-bond acceptors (Lipinski definition) is 3. The Hall–Kier alpha value is -1.61. The monoisotopic (exact) mass is 215 g/mol. The number of fused-ring (bicyclic) bond motifs is 1. The summed E-state index contributed by atoms with van der Waals surface area (Å²) in [4.78, 5) is 6.64. The summed E-state index contributed by atoms with van der Waals surface area (Å²) in [7, 11) is 0. The average Bonchev–Trinajstić information content (AvgIpc) is 2.35. The Morgan fingerprint density at radius 1 is 1.25 bits per heavy atom. The number of rotatable bonds is 4.